The number of rotatable bonds is 3. The maximum absolute atomic E-state index is 10.7. The molecule has 0 saturated heterocycles. The van der Waals surface area contributed by atoms with Gasteiger partial charge in [0.25, 0.3) is 5.69 Å². The molecule has 0 radical (unpaired) electrons. The van der Waals surface area contributed by atoms with Gasteiger partial charge in [-0.1, -0.05) is 20.3 Å². The molecule has 1 aromatic rings. The van der Waals surface area contributed by atoms with Gasteiger partial charge >= 0.3 is 0 Å². The molecule has 0 aliphatic heterocycles. The summed E-state index contributed by atoms with van der Waals surface area (Å²) in [5.74, 6) is 0.734. The first kappa shape index (κ1) is 12.8. The van der Waals surface area contributed by atoms with Crippen LogP contribution in [0.3, 0.4) is 0 Å². The van der Waals surface area contributed by atoms with Gasteiger partial charge in [-0.15, -0.1) is 0 Å². The van der Waals surface area contributed by atoms with Gasteiger partial charge in [-0.2, -0.15) is 0 Å². The zero-order chi connectivity index (χ0) is 13.3. The van der Waals surface area contributed by atoms with Crippen LogP contribution in [0.2, 0.25) is 0 Å². The summed E-state index contributed by atoms with van der Waals surface area (Å²) in [5.41, 5.74) is 0.983. The van der Waals surface area contributed by atoms with E-state index >= 15 is 0 Å². The molecule has 1 saturated carbocycles. The van der Waals surface area contributed by atoms with Gasteiger partial charge in [0.2, 0.25) is 0 Å². The van der Waals surface area contributed by atoms with Gasteiger partial charge in [-0.3, -0.25) is 10.1 Å². The van der Waals surface area contributed by atoms with Gasteiger partial charge in [0.1, 0.15) is 12.0 Å². The van der Waals surface area contributed by atoms with Crippen LogP contribution in [0.1, 0.15) is 38.7 Å². The van der Waals surface area contributed by atoms with Crippen LogP contribution in [0.15, 0.2) is 12.3 Å². The number of nitro groups is 1. The van der Waals surface area contributed by atoms with Crippen molar-refractivity contribution in [2.24, 2.45) is 5.41 Å². The fraction of sp³-hybridized carbons (Fsp3) is 0.615. The zero-order valence-corrected chi connectivity index (χ0v) is 11.1. The Morgan fingerprint density at radius 2 is 2.28 bits per heavy atom. The van der Waals surface area contributed by atoms with E-state index in [1.54, 1.807) is 13.0 Å². The first-order valence-electron chi connectivity index (χ1n) is 6.28. The van der Waals surface area contributed by atoms with Crippen LogP contribution in [-0.4, -0.2) is 15.9 Å². The van der Waals surface area contributed by atoms with Crippen molar-refractivity contribution in [3.63, 3.8) is 0 Å². The number of nitrogens with zero attached hydrogens (tertiary/aromatic N) is 2. The normalized spacial score (nSPS) is 21.8. The topological polar surface area (TPSA) is 68.1 Å². The maximum Gasteiger partial charge on any atom is 0.290 e. The number of anilines is 1. The quantitative estimate of drug-likeness (QED) is 0.659. The predicted octanol–water partition coefficient (Wildman–Crippen LogP) is 3.29. The maximum atomic E-state index is 10.7. The summed E-state index contributed by atoms with van der Waals surface area (Å²) < 4.78 is 0. The molecule has 0 bridgehead atoms. The van der Waals surface area contributed by atoms with E-state index in [4.69, 9.17) is 0 Å². The van der Waals surface area contributed by atoms with Crippen molar-refractivity contribution in [1.82, 2.24) is 4.98 Å². The molecule has 1 unspecified atom stereocenters. The molecule has 0 amide bonds. The minimum absolute atomic E-state index is 0.0752. The minimum Gasteiger partial charge on any atom is -0.367 e. The fourth-order valence-electron chi connectivity index (χ4n) is 2.59. The third kappa shape index (κ3) is 2.44. The van der Waals surface area contributed by atoms with Crippen LogP contribution in [0, 0.1) is 22.5 Å². The average molecular weight is 249 g/mol. The lowest BCUT2D eigenvalue weighted by Crippen LogP contribution is -2.31. The number of hydrogen-bond acceptors (Lipinski definition) is 4. The van der Waals surface area contributed by atoms with Crippen molar-refractivity contribution in [2.75, 3.05) is 5.32 Å². The third-order valence-corrected chi connectivity index (χ3v) is 3.86. The highest BCUT2D eigenvalue weighted by atomic mass is 16.6. The van der Waals surface area contributed by atoms with Gasteiger partial charge in [0, 0.05) is 11.6 Å². The Bertz CT molecular complexity index is 471. The van der Waals surface area contributed by atoms with Gasteiger partial charge < -0.3 is 5.32 Å². The summed E-state index contributed by atoms with van der Waals surface area (Å²) >= 11 is 0. The fourth-order valence-corrected chi connectivity index (χ4v) is 2.59. The molecular formula is C13H19N3O2. The second-order valence-corrected chi connectivity index (χ2v) is 5.69. The van der Waals surface area contributed by atoms with Crippen molar-refractivity contribution in [2.45, 2.75) is 46.1 Å². The van der Waals surface area contributed by atoms with Crippen molar-refractivity contribution in [3.8, 4) is 0 Å². The summed E-state index contributed by atoms with van der Waals surface area (Å²) in [6.45, 7) is 6.23. The van der Waals surface area contributed by atoms with Crippen molar-refractivity contribution < 1.29 is 4.92 Å². The average Bonchev–Trinajstić information content (AvgIpc) is 2.58. The number of aryl methyl sites for hydroxylation is 1. The largest absolute Gasteiger partial charge is 0.367 e. The molecule has 5 nitrogen and oxygen atoms in total. The second kappa shape index (κ2) is 4.55. The summed E-state index contributed by atoms with van der Waals surface area (Å²) in [6, 6.07) is 2.15. The Morgan fingerprint density at radius 1 is 1.56 bits per heavy atom. The first-order chi connectivity index (χ1) is 8.40. The van der Waals surface area contributed by atoms with Gasteiger partial charge in [-0.05, 0) is 31.2 Å². The van der Waals surface area contributed by atoms with Crippen LogP contribution < -0.4 is 5.32 Å². The molecule has 5 heteroatoms. The molecular weight excluding hydrogens is 230 g/mol. The predicted molar refractivity (Wildman–Crippen MR) is 70.7 cm³/mol. The number of pyridine rings is 1. The number of nitrogens with one attached hydrogen (secondary N) is 1. The van der Waals surface area contributed by atoms with Crippen LogP contribution in [0.25, 0.3) is 0 Å². The summed E-state index contributed by atoms with van der Waals surface area (Å²) in [4.78, 5) is 14.5. The summed E-state index contributed by atoms with van der Waals surface area (Å²) in [5, 5.41) is 14.1. The summed E-state index contributed by atoms with van der Waals surface area (Å²) in [7, 11) is 0. The number of hydrogen-bond donors (Lipinski definition) is 1. The van der Waals surface area contributed by atoms with E-state index in [-0.39, 0.29) is 11.1 Å². The molecule has 1 N–H and O–H groups in total. The molecule has 1 aliphatic rings. The third-order valence-electron chi connectivity index (χ3n) is 3.86. The van der Waals surface area contributed by atoms with Gasteiger partial charge in [0.15, 0.2) is 0 Å². The van der Waals surface area contributed by atoms with Crippen molar-refractivity contribution >= 4 is 11.5 Å². The van der Waals surface area contributed by atoms with Gasteiger partial charge in [-0.25, -0.2) is 4.98 Å². The zero-order valence-electron chi connectivity index (χ0n) is 11.1. The molecule has 18 heavy (non-hydrogen) atoms. The molecule has 98 valence electrons. The number of aromatic nitrogens is 1. The Balaban J connectivity index is 2.16. The lowest BCUT2D eigenvalue weighted by molar-refractivity contribution is -0.385. The van der Waals surface area contributed by atoms with Crippen molar-refractivity contribution in [1.29, 1.82) is 0 Å². The van der Waals surface area contributed by atoms with E-state index in [0.717, 1.165) is 12.2 Å². The van der Waals surface area contributed by atoms with E-state index in [0.29, 0.717) is 11.6 Å². The van der Waals surface area contributed by atoms with Crippen LogP contribution in [0.5, 0.6) is 0 Å². The smallest absolute Gasteiger partial charge is 0.290 e. The standard InChI is InChI=1S/C13H19N3O2/c1-9-7-12(14-8-10(9)16(17)18)15-11-5-4-6-13(11,2)3/h7-8,11H,4-6H2,1-3H3,(H,14,15). The van der Waals surface area contributed by atoms with E-state index in [1.165, 1.54) is 19.0 Å². The highest BCUT2D eigenvalue weighted by Crippen LogP contribution is 2.38. The highest BCUT2D eigenvalue weighted by Gasteiger charge is 2.34. The lowest BCUT2D eigenvalue weighted by atomic mass is 9.87. The monoisotopic (exact) mass is 249 g/mol. The van der Waals surface area contributed by atoms with E-state index in [9.17, 15) is 10.1 Å². The first-order valence-corrected chi connectivity index (χ1v) is 6.28. The second-order valence-electron chi connectivity index (χ2n) is 5.69. The molecule has 1 atom stereocenters. The molecule has 1 fully saturated rings. The van der Waals surface area contributed by atoms with E-state index in [1.807, 2.05) is 0 Å². The van der Waals surface area contributed by atoms with E-state index < -0.39 is 4.92 Å². The Morgan fingerprint density at radius 3 is 2.78 bits per heavy atom. The molecule has 2 rings (SSSR count). The molecule has 1 heterocycles. The van der Waals surface area contributed by atoms with Crippen molar-refractivity contribution in [3.05, 3.63) is 27.9 Å². The summed E-state index contributed by atoms with van der Waals surface area (Å²) in [6.07, 6.45) is 4.89. The Kier molecular flexibility index (Phi) is 3.24. The molecule has 0 spiro atoms. The lowest BCUT2D eigenvalue weighted by Gasteiger charge is -2.28. The highest BCUT2D eigenvalue weighted by molar-refractivity contribution is 5.47. The molecule has 1 aromatic heterocycles. The van der Waals surface area contributed by atoms with E-state index in [2.05, 4.69) is 24.1 Å². The Labute approximate surface area is 107 Å². The van der Waals surface area contributed by atoms with Crippen LogP contribution >= 0.6 is 0 Å². The Hall–Kier alpha value is -1.65. The van der Waals surface area contributed by atoms with Crippen LogP contribution in [0.4, 0.5) is 11.5 Å². The molecule has 1 aliphatic carbocycles. The van der Waals surface area contributed by atoms with Gasteiger partial charge in [0.05, 0.1) is 4.92 Å². The minimum atomic E-state index is -0.397. The molecule has 0 aromatic carbocycles. The SMILES string of the molecule is Cc1cc(NC2CCCC2(C)C)ncc1[N+](=O)[O-]. The van der Waals surface area contributed by atoms with Crippen LogP contribution in [-0.2, 0) is 0 Å².